The SMILES string of the molecule is Cc1ccc2c(c1)CN(C(=O)N(C)CC(c1ccsc1)N(C)C)C2. The third-order valence-electron chi connectivity index (χ3n) is 4.68. The van der Waals surface area contributed by atoms with Crippen molar-refractivity contribution in [2.75, 3.05) is 27.7 Å². The first-order valence-electron chi connectivity index (χ1n) is 8.22. The van der Waals surface area contributed by atoms with Gasteiger partial charge in [0.25, 0.3) is 0 Å². The average molecular weight is 343 g/mol. The molecule has 2 aromatic rings. The molecule has 1 aromatic carbocycles. The monoisotopic (exact) mass is 343 g/mol. The smallest absolute Gasteiger partial charge is 0.320 e. The topological polar surface area (TPSA) is 26.8 Å². The maximum Gasteiger partial charge on any atom is 0.320 e. The Morgan fingerprint density at radius 3 is 2.62 bits per heavy atom. The minimum Gasteiger partial charge on any atom is -0.326 e. The van der Waals surface area contributed by atoms with Crippen LogP contribution < -0.4 is 0 Å². The molecule has 0 spiro atoms. The number of nitrogens with zero attached hydrogens (tertiary/aromatic N) is 3. The summed E-state index contributed by atoms with van der Waals surface area (Å²) < 4.78 is 0. The van der Waals surface area contributed by atoms with Crippen molar-refractivity contribution in [2.45, 2.75) is 26.1 Å². The van der Waals surface area contributed by atoms with Crippen LogP contribution in [0.15, 0.2) is 35.0 Å². The molecule has 1 aliphatic rings. The van der Waals surface area contributed by atoms with Crippen molar-refractivity contribution >= 4 is 17.4 Å². The molecule has 0 aliphatic carbocycles. The highest BCUT2D eigenvalue weighted by Gasteiger charge is 2.27. The van der Waals surface area contributed by atoms with Crippen LogP contribution in [0, 0.1) is 6.92 Å². The standard InChI is InChI=1S/C19H25N3OS/c1-14-5-6-15-10-22(11-17(15)9-14)19(23)21(4)12-18(20(2)3)16-7-8-24-13-16/h5-9,13,18H,10-12H2,1-4H3. The van der Waals surface area contributed by atoms with E-state index >= 15 is 0 Å². The summed E-state index contributed by atoms with van der Waals surface area (Å²) in [6.07, 6.45) is 0. The molecule has 0 fully saturated rings. The van der Waals surface area contributed by atoms with E-state index in [9.17, 15) is 4.79 Å². The summed E-state index contributed by atoms with van der Waals surface area (Å²) in [7, 11) is 6.03. The Balaban J connectivity index is 1.67. The van der Waals surface area contributed by atoms with Gasteiger partial charge in [0.05, 0.1) is 6.04 Å². The lowest BCUT2D eigenvalue weighted by atomic mass is 10.1. The fourth-order valence-electron chi connectivity index (χ4n) is 3.27. The second-order valence-electron chi connectivity index (χ2n) is 6.83. The average Bonchev–Trinajstić information content (AvgIpc) is 3.20. The van der Waals surface area contributed by atoms with Gasteiger partial charge in [0.1, 0.15) is 0 Å². The minimum atomic E-state index is 0.103. The van der Waals surface area contributed by atoms with E-state index in [0.717, 1.165) is 0 Å². The van der Waals surface area contributed by atoms with E-state index in [2.05, 4.69) is 60.9 Å². The van der Waals surface area contributed by atoms with Crippen LogP contribution in [0.2, 0.25) is 0 Å². The number of benzene rings is 1. The molecule has 1 aliphatic heterocycles. The van der Waals surface area contributed by atoms with Crippen molar-refractivity contribution in [3.05, 3.63) is 57.3 Å². The Kier molecular flexibility index (Phi) is 4.92. The van der Waals surface area contributed by atoms with Crippen LogP contribution in [0.25, 0.3) is 0 Å². The fraction of sp³-hybridized carbons (Fsp3) is 0.421. The van der Waals surface area contributed by atoms with Crippen molar-refractivity contribution in [1.29, 1.82) is 0 Å². The van der Waals surface area contributed by atoms with E-state index in [1.54, 1.807) is 11.3 Å². The number of fused-ring (bicyclic) bond motifs is 1. The van der Waals surface area contributed by atoms with Gasteiger partial charge in [0.15, 0.2) is 0 Å². The number of hydrogen-bond donors (Lipinski definition) is 0. The molecule has 0 saturated heterocycles. The largest absolute Gasteiger partial charge is 0.326 e. The first-order chi connectivity index (χ1) is 11.5. The number of rotatable bonds is 4. The molecule has 1 atom stereocenters. The number of urea groups is 1. The lowest BCUT2D eigenvalue weighted by Crippen LogP contribution is -2.42. The third kappa shape index (κ3) is 3.47. The van der Waals surface area contributed by atoms with Crippen LogP contribution in [0.4, 0.5) is 4.79 Å². The predicted octanol–water partition coefficient (Wildman–Crippen LogP) is 3.73. The number of likely N-dealkylation sites (N-methyl/N-ethyl adjacent to an activating group) is 2. The minimum absolute atomic E-state index is 0.103. The Hall–Kier alpha value is -1.85. The van der Waals surface area contributed by atoms with Crippen molar-refractivity contribution in [2.24, 2.45) is 0 Å². The Morgan fingerprint density at radius 1 is 1.21 bits per heavy atom. The van der Waals surface area contributed by atoms with Crippen LogP contribution in [0.3, 0.4) is 0 Å². The Labute approximate surface area is 148 Å². The summed E-state index contributed by atoms with van der Waals surface area (Å²) in [5.41, 5.74) is 5.06. The molecule has 24 heavy (non-hydrogen) atoms. The quantitative estimate of drug-likeness (QED) is 0.846. The molecule has 1 unspecified atom stereocenters. The highest BCUT2D eigenvalue weighted by Crippen LogP contribution is 2.26. The van der Waals surface area contributed by atoms with E-state index in [0.29, 0.717) is 19.6 Å². The zero-order valence-electron chi connectivity index (χ0n) is 14.8. The van der Waals surface area contributed by atoms with Crippen LogP contribution in [0.5, 0.6) is 0 Å². The van der Waals surface area contributed by atoms with Crippen LogP contribution in [-0.2, 0) is 13.1 Å². The Morgan fingerprint density at radius 2 is 1.96 bits per heavy atom. The second kappa shape index (κ2) is 6.95. The first-order valence-corrected chi connectivity index (χ1v) is 9.17. The van der Waals surface area contributed by atoms with Gasteiger partial charge in [-0.3, -0.25) is 0 Å². The van der Waals surface area contributed by atoms with Crippen LogP contribution in [0.1, 0.15) is 28.3 Å². The molecular weight excluding hydrogens is 318 g/mol. The Bertz CT molecular complexity index is 711. The first kappa shape index (κ1) is 17.0. The summed E-state index contributed by atoms with van der Waals surface area (Å²) in [6, 6.07) is 8.92. The van der Waals surface area contributed by atoms with Gasteiger partial charge in [0.2, 0.25) is 0 Å². The third-order valence-corrected chi connectivity index (χ3v) is 5.38. The normalized spacial score (nSPS) is 14.8. The van der Waals surface area contributed by atoms with E-state index in [1.807, 2.05) is 16.8 Å². The summed E-state index contributed by atoms with van der Waals surface area (Å²) >= 11 is 1.70. The number of amides is 2. The molecule has 0 N–H and O–H groups in total. The van der Waals surface area contributed by atoms with E-state index < -0.39 is 0 Å². The molecule has 2 amide bonds. The van der Waals surface area contributed by atoms with Gasteiger partial charge in [-0.25, -0.2) is 4.79 Å². The van der Waals surface area contributed by atoms with E-state index in [-0.39, 0.29) is 12.1 Å². The molecule has 2 heterocycles. The van der Waals surface area contributed by atoms with Gasteiger partial charge in [-0.1, -0.05) is 23.8 Å². The predicted molar refractivity (Wildman–Crippen MR) is 99.2 cm³/mol. The van der Waals surface area contributed by atoms with Gasteiger partial charge in [0, 0.05) is 26.7 Å². The zero-order valence-corrected chi connectivity index (χ0v) is 15.6. The molecular formula is C19H25N3OS. The molecule has 0 bridgehead atoms. The van der Waals surface area contributed by atoms with E-state index in [4.69, 9.17) is 0 Å². The molecule has 1 aromatic heterocycles. The molecule has 128 valence electrons. The number of hydrogen-bond acceptors (Lipinski definition) is 3. The van der Waals surface area contributed by atoms with Crippen LogP contribution >= 0.6 is 11.3 Å². The lowest BCUT2D eigenvalue weighted by molar-refractivity contribution is 0.147. The zero-order chi connectivity index (χ0) is 17.3. The lowest BCUT2D eigenvalue weighted by Gasteiger charge is -2.31. The second-order valence-corrected chi connectivity index (χ2v) is 7.61. The highest BCUT2D eigenvalue weighted by atomic mass is 32.1. The molecule has 0 saturated carbocycles. The van der Waals surface area contributed by atoms with Crippen molar-refractivity contribution in [3.63, 3.8) is 0 Å². The molecule has 0 radical (unpaired) electrons. The number of thiophene rings is 1. The van der Waals surface area contributed by atoms with Gasteiger partial charge in [-0.2, -0.15) is 11.3 Å². The summed E-state index contributed by atoms with van der Waals surface area (Å²) in [5, 5.41) is 4.25. The van der Waals surface area contributed by atoms with Crippen LogP contribution in [-0.4, -0.2) is 48.4 Å². The van der Waals surface area contributed by atoms with Gasteiger partial charge < -0.3 is 14.7 Å². The molecule has 5 heteroatoms. The van der Waals surface area contributed by atoms with Gasteiger partial charge in [-0.15, -0.1) is 0 Å². The van der Waals surface area contributed by atoms with Crippen molar-refractivity contribution in [3.8, 4) is 0 Å². The van der Waals surface area contributed by atoms with Gasteiger partial charge in [-0.05, 0) is 54.5 Å². The van der Waals surface area contributed by atoms with Crippen molar-refractivity contribution in [1.82, 2.24) is 14.7 Å². The number of aryl methyl sites for hydroxylation is 1. The number of carbonyl (C=O) groups excluding carboxylic acids is 1. The summed E-state index contributed by atoms with van der Waals surface area (Å²) in [6.45, 7) is 4.21. The van der Waals surface area contributed by atoms with E-state index in [1.165, 1.54) is 22.3 Å². The highest BCUT2D eigenvalue weighted by molar-refractivity contribution is 7.07. The summed E-state index contributed by atoms with van der Waals surface area (Å²) in [4.78, 5) is 18.8. The van der Waals surface area contributed by atoms with Crippen molar-refractivity contribution < 1.29 is 4.79 Å². The maximum absolute atomic E-state index is 12.9. The maximum atomic E-state index is 12.9. The molecule has 3 rings (SSSR count). The van der Waals surface area contributed by atoms with Gasteiger partial charge >= 0.3 is 6.03 Å². The molecule has 4 nitrogen and oxygen atoms in total. The number of carbonyl (C=O) groups is 1. The fourth-order valence-corrected chi connectivity index (χ4v) is 3.98. The summed E-state index contributed by atoms with van der Waals surface area (Å²) in [5.74, 6) is 0.